The third-order valence-electron chi connectivity index (χ3n) is 4.16. The second-order valence-corrected chi connectivity index (χ2v) is 5.68. The number of furan rings is 2. The highest BCUT2D eigenvalue weighted by Gasteiger charge is 2.21. The van der Waals surface area contributed by atoms with Crippen molar-refractivity contribution < 1.29 is 23.0 Å². The zero-order valence-electron chi connectivity index (χ0n) is 15.1. The molecule has 1 aromatic carbocycles. The predicted molar refractivity (Wildman–Crippen MR) is 99.1 cm³/mol. The first kappa shape index (κ1) is 16.8. The summed E-state index contributed by atoms with van der Waals surface area (Å²) in [6.45, 7) is 0. The number of imidazole rings is 1. The Morgan fingerprint density at radius 1 is 0.852 bits per heavy atom. The number of hydrogen-bond acceptors (Lipinski definition) is 6. The van der Waals surface area contributed by atoms with Gasteiger partial charge in [0.2, 0.25) is 5.75 Å². The van der Waals surface area contributed by atoms with Crippen molar-refractivity contribution in [2.75, 3.05) is 21.3 Å². The Hall–Kier alpha value is -3.61. The van der Waals surface area contributed by atoms with Crippen molar-refractivity contribution in [3.05, 3.63) is 48.9 Å². The largest absolute Gasteiger partial charge is 0.493 e. The lowest BCUT2D eigenvalue weighted by atomic mass is 10.1. The van der Waals surface area contributed by atoms with Gasteiger partial charge in [-0.15, -0.1) is 0 Å². The maximum atomic E-state index is 5.55. The number of methoxy groups -OCH3 is 3. The van der Waals surface area contributed by atoms with E-state index >= 15 is 0 Å². The van der Waals surface area contributed by atoms with E-state index in [0.717, 1.165) is 11.3 Å². The number of H-pyrrole nitrogens is 1. The van der Waals surface area contributed by atoms with Crippen molar-refractivity contribution in [3.8, 4) is 51.5 Å². The van der Waals surface area contributed by atoms with Crippen molar-refractivity contribution in [1.29, 1.82) is 0 Å². The highest BCUT2D eigenvalue weighted by atomic mass is 16.5. The number of hydrogen-bond donors (Lipinski definition) is 1. The Labute approximate surface area is 155 Å². The van der Waals surface area contributed by atoms with E-state index in [0.29, 0.717) is 40.3 Å². The van der Waals surface area contributed by atoms with Crippen LogP contribution in [0.25, 0.3) is 34.3 Å². The zero-order chi connectivity index (χ0) is 18.8. The molecule has 0 saturated carbocycles. The molecule has 0 amide bonds. The van der Waals surface area contributed by atoms with Crippen LogP contribution in [0.1, 0.15) is 0 Å². The quantitative estimate of drug-likeness (QED) is 0.536. The highest BCUT2D eigenvalue weighted by Crippen LogP contribution is 2.42. The van der Waals surface area contributed by atoms with Gasteiger partial charge >= 0.3 is 0 Å². The second-order valence-electron chi connectivity index (χ2n) is 5.68. The molecule has 0 fully saturated rings. The molecule has 0 aliphatic heterocycles. The molecule has 0 saturated heterocycles. The first-order valence-electron chi connectivity index (χ1n) is 8.23. The van der Waals surface area contributed by atoms with E-state index in [2.05, 4.69) is 4.98 Å². The van der Waals surface area contributed by atoms with Crippen LogP contribution in [-0.4, -0.2) is 31.3 Å². The molecule has 0 aliphatic carbocycles. The number of aromatic amines is 1. The van der Waals surface area contributed by atoms with Crippen LogP contribution in [0.3, 0.4) is 0 Å². The molecule has 4 aromatic rings. The standard InChI is InChI=1S/C20H18N2O5/c1-23-15-10-12(11-16(24-2)19(15)25-3)20-21-17(13-6-4-8-26-13)18(22-20)14-7-5-9-27-14/h4-11H,1-3H3,(H,21,22). The molecule has 0 aliphatic rings. The number of rotatable bonds is 6. The van der Waals surface area contributed by atoms with Crippen LogP contribution in [0.2, 0.25) is 0 Å². The van der Waals surface area contributed by atoms with Gasteiger partial charge in [-0.3, -0.25) is 0 Å². The third-order valence-corrected chi connectivity index (χ3v) is 4.16. The second kappa shape index (κ2) is 6.95. The molecular formula is C20H18N2O5. The van der Waals surface area contributed by atoms with E-state index in [1.165, 1.54) is 0 Å². The van der Waals surface area contributed by atoms with Gasteiger partial charge in [-0.05, 0) is 36.4 Å². The maximum absolute atomic E-state index is 5.55. The molecular weight excluding hydrogens is 348 g/mol. The van der Waals surface area contributed by atoms with Crippen LogP contribution >= 0.6 is 0 Å². The van der Waals surface area contributed by atoms with Crippen LogP contribution < -0.4 is 14.2 Å². The fourth-order valence-corrected chi connectivity index (χ4v) is 2.92. The van der Waals surface area contributed by atoms with Crippen molar-refractivity contribution in [2.45, 2.75) is 0 Å². The molecule has 27 heavy (non-hydrogen) atoms. The fraction of sp³-hybridized carbons (Fsp3) is 0.150. The number of ether oxygens (including phenoxy) is 3. The Balaban J connectivity index is 1.89. The Morgan fingerprint density at radius 3 is 2.00 bits per heavy atom. The van der Waals surface area contributed by atoms with E-state index in [9.17, 15) is 0 Å². The van der Waals surface area contributed by atoms with E-state index in [4.69, 9.17) is 28.0 Å². The zero-order valence-corrected chi connectivity index (χ0v) is 15.1. The fourth-order valence-electron chi connectivity index (χ4n) is 2.92. The Bertz CT molecular complexity index is 956. The molecule has 7 nitrogen and oxygen atoms in total. The van der Waals surface area contributed by atoms with Gasteiger partial charge < -0.3 is 28.0 Å². The average molecular weight is 366 g/mol. The van der Waals surface area contributed by atoms with Gasteiger partial charge in [0.25, 0.3) is 0 Å². The Morgan fingerprint density at radius 2 is 1.48 bits per heavy atom. The summed E-state index contributed by atoms with van der Waals surface area (Å²) in [6, 6.07) is 11.0. The summed E-state index contributed by atoms with van der Waals surface area (Å²) in [5.74, 6) is 3.52. The molecule has 0 bridgehead atoms. The predicted octanol–water partition coefficient (Wildman–Crippen LogP) is 4.62. The minimum absolute atomic E-state index is 0.521. The maximum Gasteiger partial charge on any atom is 0.203 e. The van der Waals surface area contributed by atoms with Crippen LogP contribution in [-0.2, 0) is 0 Å². The summed E-state index contributed by atoms with van der Waals surface area (Å²) < 4.78 is 27.4. The number of nitrogens with zero attached hydrogens (tertiary/aromatic N) is 1. The van der Waals surface area contributed by atoms with Gasteiger partial charge in [0.1, 0.15) is 17.2 Å². The molecule has 3 heterocycles. The summed E-state index contributed by atoms with van der Waals surface area (Å²) in [4.78, 5) is 8.04. The van der Waals surface area contributed by atoms with Crippen molar-refractivity contribution in [2.24, 2.45) is 0 Å². The summed E-state index contributed by atoms with van der Waals surface area (Å²) in [7, 11) is 4.72. The molecule has 1 N–H and O–H groups in total. The molecule has 0 atom stereocenters. The van der Waals surface area contributed by atoms with Gasteiger partial charge in [-0.1, -0.05) is 0 Å². The molecule has 3 aromatic heterocycles. The highest BCUT2D eigenvalue weighted by molar-refractivity contribution is 5.78. The summed E-state index contributed by atoms with van der Waals surface area (Å²) >= 11 is 0. The normalized spacial score (nSPS) is 10.8. The smallest absolute Gasteiger partial charge is 0.203 e. The van der Waals surface area contributed by atoms with E-state index in [-0.39, 0.29) is 0 Å². The molecule has 0 unspecified atom stereocenters. The first-order chi connectivity index (χ1) is 13.2. The topological polar surface area (TPSA) is 82.7 Å². The SMILES string of the molecule is COc1cc(-c2nc(-c3ccco3)c(-c3ccco3)[nH]2)cc(OC)c1OC. The number of nitrogens with one attached hydrogen (secondary N) is 1. The summed E-state index contributed by atoms with van der Waals surface area (Å²) in [5.41, 5.74) is 2.15. The van der Waals surface area contributed by atoms with Crippen molar-refractivity contribution in [1.82, 2.24) is 9.97 Å². The molecule has 138 valence electrons. The minimum atomic E-state index is 0.521. The van der Waals surface area contributed by atoms with E-state index in [1.54, 1.807) is 33.9 Å². The molecule has 0 radical (unpaired) electrons. The minimum Gasteiger partial charge on any atom is -0.493 e. The van der Waals surface area contributed by atoms with Gasteiger partial charge in [0.05, 0.1) is 33.9 Å². The van der Waals surface area contributed by atoms with Crippen LogP contribution in [0.4, 0.5) is 0 Å². The number of benzene rings is 1. The van der Waals surface area contributed by atoms with Gasteiger partial charge in [0.15, 0.2) is 23.0 Å². The van der Waals surface area contributed by atoms with Crippen LogP contribution in [0.5, 0.6) is 17.2 Å². The van der Waals surface area contributed by atoms with Crippen molar-refractivity contribution in [3.63, 3.8) is 0 Å². The third kappa shape index (κ3) is 2.93. The van der Waals surface area contributed by atoms with Crippen LogP contribution in [0, 0.1) is 0 Å². The monoisotopic (exact) mass is 366 g/mol. The summed E-state index contributed by atoms with van der Waals surface area (Å²) in [5, 5.41) is 0. The molecule has 4 rings (SSSR count). The molecule has 7 heteroatoms. The first-order valence-corrected chi connectivity index (χ1v) is 8.23. The lowest BCUT2D eigenvalue weighted by molar-refractivity contribution is 0.324. The van der Waals surface area contributed by atoms with E-state index < -0.39 is 0 Å². The van der Waals surface area contributed by atoms with E-state index in [1.807, 2.05) is 36.4 Å². The summed E-state index contributed by atoms with van der Waals surface area (Å²) in [6.07, 6.45) is 3.22. The van der Waals surface area contributed by atoms with Crippen LogP contribution in [0.15, 0.2) is 57.8 Å². The lowest BCUT2D eigenvalue weighted by Crippen LogP contribution is -1.96. The van der Waals surface area contributed by atoms with Gasteiger partial charge in [-0.2, -0.15) is 0 Å². The van der Waals surface area contributed by atoms with Gasteiger partial charge in [0, 0.05) is 5.56 Å². The van der Waals surface area contributed by atoms with Crippen molar-refractivity contribution >= 4 is 0 Å². The Kier molecular flexibility index (Phi) is 4.33. The van der Waals surface area contributed by atoms with Gasteiger partial charge in [-0.25, -0.2) is 4.98 Å². The number of aromatic nitrogens is 2. The lowest BCUT2D eigenvalue weighted by Gasteiger charge is -2.13. The average Bonchev–Trinajstić information content (AvgIpc) is 3.46. The molecule has 0 spiro atoms.